The molecule has 0 unspecified atom stereocenters. The molecule has 0 aliphatic carbocycles. The van der Waals surface area contributed by atoms with Crippen molar-refractivity contribution < 1.29 is 0 Å². The van der Waals surface area contributed by atoms with Gasteiger partial charge in [-0.05, 0) is 23.8 Å². The van der Waals surface area contributed by atoms with Crippen LogP contribution in [0.15, 0.2) is 41.6 Å². The van der Waals surface area contributed by atoms with Gasteiger partial charge in [0.2, 0.25) is 0 Å². The minimum absolute atomic E-state index is 0.683. The summed E-state index contributed by atoms with van der Waals surface area (Å²) in [5, 5.41) is 17.2. The highest BCUT2D eigenvalue weighted by molar-refractivity contribution is 6.02. The summed E-state index contributed by atoms with van der Waals surface area (Å²) in [6.07, 6.45) is 4.05. The molecule has 3 rings (SSSR count). The molecule has 0 atom stereocenters. The van der Waals surface area contributed by atoms with E-state index in [1.165, 1.54) is 0 Å². The lowest BCUT2D eigenvalue weighted by atomic mass is 10.1. The number of fused-ring (bicyclic) bond motifs is 1. The van der Waals surface area contributed by atoms with E-state index in [1.54, 1.807) is 0 Å². The molecular formula is C12H10N4. The fraction of sp³-hybridized carbons (Fsp3) is 0.167. The number of hydrogen-bond donors (Lipinski definition) is 0. The maximum absolute atomic E-state index is 8.72. The number of hydrogen-bond acceptors (Lipinski definition) is 4. The quantitative estimate of drug-likeness (QED) is 0.702. The highest BCUT2D eigenvalue weighted by Gasteiger charge is 2.25. The van der Waals surface area contributed by atoms with E-state index >= 15 is 0 Å². The second kappa shape index (κ2) is 3.47. The number of benzene rings is 1. The van der Waals surface area contributed by atoms with E-state index in [0.717, 1.165) is 24.4 Å². The smallest absolute Gasteiger partial charge is 0.0991 e. The molecule has 4 heteroatoms. The van der Waals surface area contributed by atoms with Crippen LogP contribution < -0.4 is 0 Å². The molecule has 0 fully saturated rings. The Bertz CT molecular complexity index is 507. The SMILES string of the molecule is N#Cc1ccc(C2=NN3C=CCN3C2)cc1. The summed E-state index contributed by atoms with van der Waals surface area (Å²) < 4.78 is 0. The van der Waals surface area contributed by atoms with Gasteiger partial charge in [-0.1, -0.05) is 12.1 Å². The van der Waals surface area contributed by atoms with Crippen molar-refractivity contribution in [3.05, 3.63) is 47.7 Å². The van der Waals surface area contributed by atoms with E-state index < -0.39 is 0 Å². The molecule has 1 aromatic rings. The van der Waals surface area contributed by atoms with Gasteiger partial charge < -0.3 is 0 Å². The molecule has 4 nitrogen and oxygen atoms in total. The van der Waals surface area contributed by atoms with E-state index in [0.29, 0.717) is 5.56 Å². The molecule has 16 heavy (non-hydrogen) atoms. The molecule has 2 heterocycles. The number of nitriles is 1. The van der Waals surface area contributed by atoms with Crippen LogP contribution in [0.4, 0.5) is 0 Å². The summed E-state index contributed by atoms with van der Waals surface area (Å²) in [4.78, 5) is 0. The molecule has 2 aliphatic rings. The number of hydrazine groups is 1. The molecule has 0 N–H and O–H groups in total. The Morgan fingerprint density at radius 1 is 1.25 bits per heavy atom. The van der Waals surface area contributed by atoms with Gasteiger partial charge in [0.05, 0.1) is 23.9 Å². The Balaban J connectivity index is 1.88. The first kappa shape index (κ1) is 9.13. The maximum Gasteiger partial charge on any atom is 0.0991 e. The summed E-state index contributed by atoms with van der Waals surface area (Å²) >= 11 is 0. The van der Waals surface area contributed by atoms with Crippen molar-refractivity contribution in [2.24, 2.45) is 5.10 Å². The van der Waals surface area contributed by atoms with Crippen molar-refractivity contribution >= 4 is 5.71 Å². The first-order chi connectivity index (χ1) is 7.86. The molecule has 78 valence electrons. The summed E-state index contributed by atoms with van der Waals surface area (Å²) in [6, 6.07) is 9.66. The number of rotatable bonds is 1. The van der Waals surface area contributed by atoms with Crippen LogP contribution in [0.2, 0.25) is 0 Å². The lowest BCUT2D eigenvalue weighted by molar-refractivity contribution is 0.0965. The van der Waals surface area contributed by atoms with E-state index in [9.17, 15) is 0 Å². The first-order valence-electron chi connectivity index (χ1n) is 5.15. The van der Waals surface area contributed by atoms with Gasteiger partial charge in [0.1, 0.15) is 0 Å². The minimum atomic E-state index is 0.683. The zero-order valence-electron chi connectivity index (χ0n) is 8.67. The Morgan fingerprint density at radius 3 is 2.75 bits per heavy atom. The highest BCUT2D eigenvalue weighted by Crippen LogP contribution is 2.18. The molecular weight excluding hydrogens is 200 g/mol. The van der Waals surface area contributed by atoms with Gasteiger partial charge >= 0.3 is 0 Å². The standard InChI is InChI=1S/C12H10N4/c13-8-10-2-4-11(5-3-10)12-9-15-6-1-7-16(15)14-12/h1-5,7H,6,9H2. The molecule has 0 radical (unpaired) electrons. The van der Waals surface area contributed by atoms with E-state index in [2.05, 4.69) is 22.3 Å². The second-order valence-electron chi connectivity index (χ2n) is 3.79. The van der Waals surface area contributed by atoms with Gasteiger partial charge in [-0.3, -0.25) is 0 Å². The second-order valence-corrected chi connectivity index (χ2v) is 3.79. The minimum Gasteiger partial charge on any atom is -0.201 e. The third kappa shape index (κ3) is 1.38. The monoisotopic (exact) mass is 210 g/mol. The van der Waals surface area contributed by atoms with Gasteiger partial charge in [-0.2, -0.15) is 15.4 Å². The Labute approximate surface area is 93.7 Å². The Morgan fingerprint density at radius 2 is 2.06 bits per heavy atom. The van der Waals surface area contributed by atoms with E-state index in [4.69, 9.17) is 5.26 Å². The van der Waals surface area contributed by atoms with Gasteiger partial charge in [0.15, 0.2) is 0 Å². The Hall–Kier alpha value is -2.12. The van der Waals surface area contributed by atoms with Gasteiger partial charge in [0.25, 0.3) is 0 Å². The van der Waals surface area contributed by atoms with Gasteiger partial charge in [-0.15, -0.1) is 0 Å². The summed E-state index contributed by atoms with van der Waals surface area (Å²) in [7, 11) is 0. The van der Waals surface area contributed by atoms with Gasteiger partial charge in [-0.25, -0.2) is 5.12 Å². The van der Waals surface area contributed by atoms with Crippen LogP contribution >= 0.6 is 0 Å². The fourth-order valence-electron chi connectivity index (χ4n) is 1.89. The zero-order chi connectivity index (χ0) is 11.0. The van der Waals surface area contributed by atoms with Crippen molar-refractivity contribution in [2.75, 3.05) is 13.1 Å². The average Bonchev–Trinajstić information content (AvgIpc) is 2.89. The Kier molecular flexibility index (Phi) is 1.98. The number of nitrogens with zero attached hydrogens (tertiary/aromatic N) is 4. The molecule has 1 aromatic carbocycles. The molecule has 2 aliphatic heterocycles. The van der Waals surface area contributed by atoms with Crippen LogP contribution in [0.5, 0.6) is 0 Å². The van der Waals surface area contributed by atoms with Crippen molar-refractivity contribution in [3.63, 3.8) is 0 Å². The molecule has 0 saturated heterocycles. The molecule has 0 spiro atoms. The van der Waals surface area contributed by atoms with E-state index in [1.807, 2.05) is 35.6 Å². The normalized spacial score (nSPS) is 18.4. The summed E-state index contributed by atoms with van der Waals surface area (Å²) in [5.74, 6) is 0. The van der Waals surface area contributed by atoms with Crippen LogP contribution in [0, 0.1) is 11.3 Å². The van der Waals surface area contributed by atoms with Crippen molar-refractivity contribution in [2.45, 2.75) is 0 Å². The van der Waals surface area contributed by atoms with Crippen LogP contribution in [0.3, 0.4) is 0 Å². The van der Waals surface area contributed by atoms with Crippen molar-refractivity contribution in [1.82, 2.24) is 10.1 Å². The van der Waals surface area contributed by atoms with Gasteiger partial charge in [0, 0.05) is 12.7 Å². The summed E-state index contributed by atoms with van der Waals surface area (Å²) in [6.45, 7) is 1.75. The largest absolute Gasteiger partial charge is 0.201 e. The van der Waals surface area contributed by atoms with Crippen molar-refractivity contribution in [3.8, 4) is 6.07 Å². The van der Waals surface area contributed by atoms with Crippen LogP contribution in [0.25, 0.3) is 0 Å². The van der Waals surface area contributed by atoms with Crippen molar-refractivity contribution in [1.29, 1.82) is 5.26 Å². The lowest BCUT2D eigenvalue weighted by Gasteiger charge is -2.14. The maximum atomic E-state index is 8.72. The van der Waals surface area contributed by atoms with Crippen LogP contribution in [0.1, 0.15) is 11.1 Å². The number of hydrazone groups is 1. The third-order valence-corrected chi connectivity index (χ3v) is 2.75. The fourth-order valence-corrected chi connectivity index (χ4v) is 1.89. The highest BCUT2D eigenvalue weighted by atomic mass is 15.8. The zero-order valence-corrected chi connectivity index (χ0v) is 8.67. The van der Waals surface area contributed by atoms with Crippen LogP contribution in [-0.4, -0.2) is 28.9 Å². The predicted molar refractivity (Wildman–Crippen MR) is 60.2 cm³/mol. The molecule has 0 aromatic heterocycles. The molecule has 0 saturated carbocycles. The molecule has 0 amide bonds. The average molecular weight is 210 g/mol. The molecule has 0 bridgehead atoms. The van der Waals surface area contributed by atoms with Crippen LogP contribution in [-0.2, 0) is 0 Å². The topological polar surface area (TPSA) is 42.6 Å². The summed E-state index contributed by atoms with van der Waals surface area (Å²) in [5.41, 5.74) is 2.82. The third-order valence-electron chi connectivity index (χ3n) is 2.75. The lowest BCUT2D eigenvalue weighted by Crippen LogP contribution is -2.28. The first-order valence-corrected chi connectivity index (χ1v) is 5.15. The van der Waals surface area contributed by atoms with E-state index in [-0.39, 0.29) is 0 Å². The predicted octanol–water partition coefficient (Wildman–Crippen LogP) is 1.32.